The minimum atomic E-state index is 0.0273. The van der Waals surface area contributed by atoms with Gasteiger partial charge >= 0.3 is 0 Å². The zero-order valence-electron chi connectivity index (χ0n) is 13.4. The SMILES string of the molecule is CCc1ccccc1NCC(=O)NCCc1ccccc1C. The molecule has 1 amide bonds. The number of anilines is 1. The Morgan fingerprint density at radius 2 is 1.68 bits per heavy atom. The molecule has 3 nitrogen and oxygen atoms in total. The minimum absolute atomic E-state index is 0.0273. The summed E-state index contributed by atoms with van der Waals surface area (Å²) in [5.74, 6) is 0.0273. The van der Waals surface area contributed by atoms with E-state index in [0.29, 0.717) is 13.1 Å². The maximum Gasteiger partial charge on any atom is 0.239 e. The van der Waals surface area contributed by atoms with Gasteiger partial charge in [-0.15, -0.1) is 0 Å². The molecule has 2 rings (SSSR count). The highest BCUT2D eigenvalue weighted by molar-refractivity contribution is 5.80. The molecule has 0 aliphatic rings. The number of carbonyl (C=O) groups excluding carboxylic acids is 1. The first-order chi connectivity index (χ1) is 10.7. The average Bonchev–Trinajstić information content (AvgIpc) is 2.55. The van der Waals surface area contributed by atoms with Crippen molar-refractivity contribution in [3.8, 4) is 0 Å². The summed E-state index contributed by atoms with van der Waals surface area (Å²) in [6.45, 7) is 5.19. The Morgan fingerprint density at radius 1 is 1.00 bits per heavy atom. The lowest BCUT2D eigenvalue weighted by Gasteiger charge is -2.11. The van der Waals surface area contributed by atoms with Gasteiger partial charge in [0.15, 0.2) is 0 Å². The number of nitrogens with one attached hydrogen (secondary N) is 2. The molecule has 2 aromatic rings. The van der Waals surface area contributed by atoms with Crippen LogP contribution in [0.5, 0.6) is 0 Å². The van der Waals surface area contributed by atoms with Crippen LogP contribution in [0.4, 0.5) is 5.69 Å². The van der Waals surface area contributed by atoms with E-state index >= 15 is 0 Å². The first-order valence-electron chi connectivity index (χ1n) is 7.83. The second-order valence-electron chi connectivity index (χ2n) is 5.39. The molecule has 0 radical (unpaired) electrons. The number of para-hydroxylation sites is 1. The number of carbonyl (C=O) groups is 1. The van der Waals surface area contributed by atoms with Crippen LogP contribution >= 0.6 is 0 Å². The molecule has 0 fully saturated rings. The first kappa shape index (κ1) is 16.1. The molecule has 2 aromatic carbocycles. The Morgan fingerprint density at radius 3 is 2.41 bits per heavy atom. The van der Waals surface area contributed by atoms with Gasteiger partial charge in [0.05, 0.1) is 6.54 Å². The molecule has 0 heterocycles. The molecule has 0 bridgehead atoms. The van der Waals surface area contributed by atoms with Gasteiger partial charge in [0.2, 0.25) is 5.91 Å². The molecule has 3 heteroatoms. The van der Waals surface area contributed by atoms with E-state index in [9.17, 15) is 4.79 Å². The third-order valence-electron chi connectivity index (χ3n) is 3.82. The minimum Gasteiger partial charge on any atom is -0.376 e. The highest BCUT2D eigenvalue weighted by Gasteiger charge is 2.04. The third-order valence-corrected chi connectivity index (χ3v) is 3.82. The first-order valence-corrected chi connectivity index (χ1v) is 7.83. The Balaban J connectivity index is 1.75. The van der Waals surface area contributed by atoms with Gasteiger partial charge in [-0.2, -0.15) is 0 Å². The molecule has 0 unspecified atom stereocenters. The third kappa shape index (κ3) is 4.62. The number of hydrogen-bond acceptors (Lipinski definition) is 2. The Hall–Kier alpha value is -2.29. The van der Waals surface area contributed by atoms with Gasteiger partial charge in [-0.1, -0.05) is 49.4 Å². The van der Waals surface area contributed by atoms with E-state index in [2.05, 4.69) is 42.7 Å². The van der Waals surface area contributed by atoms with Crippen LogP contribution in [0, 0.1) is 6.92 Å². The van der Waals surface area contributed by atoms with Crippen LogP contribution in [-0.2, 0) is 17.6 Å². The lowest BCUT2D eigenvalue weighted by atomic mass is 10.1. The van der Waals surface area contributed by atoms with E-state index < -0.39 is 0 Å². The van der Waals surface area contributed by atoms with Crippen molar-refractivity contribution >= 4 is 11.6 Å². The Labute approximate surface area is 132 Å². The topological polar surface area (TPSA) is 41.1 Å². The predicted molar refractivity (Wildman–Crippen MR) is 92.2 cm³/mol. The molecule has 0 saturated heterocycles. The molecule has 0 atom stereocenters. The van der Waals surface area contributed by atoms with Crippen LogP contribution in [0.2, 0.25) is 0 Å². The molecule has 0 aromatic heterocycles. The summed E-state index contributed by atoms with van der Waals surface area (Å²) >= 11 is 0. The number of hydrogen-bond donors (Lipinski definition) is 2. The second-order valence-corrected chi connectivity index (χ2v) is 5.39. The lowest BCUT2D eigenvalue weighted by Crippen LogP contribution is -2.31. The standard InChI is InChI=1S/C19H24N2O/c1-3-16-9-6-7-11-18(16)21-14-19(22)20-13-12-17-10-5-4-8-15(17)2/h4-11,21H,3,12-14H2,1-2H3,(H,20,22). The fraction of sp³-hybridized carbons (Fsp3) is 0.316. The van der Waals surface area contributed by atoms with Crippen LogP contribution in [0.25, 0.3) is 0 Å². The molecule has 2 N–H and O–H groups in total. The molecular weight excluding hydrogens is 272 g/mol. The summed E-state index contributed by atoms with van der Waals surface area (Å²) in [6, 6.07) is 16.4. The van der Waals surface area contributed by atoms with Gasteiger partial charge in [-0.05, 0) is 42.5 Å². The van der Waals surface area contributed by atoms with Crippen LogP contribution in [0.1, 0.15) is 23.6 Å². The number of amides is 1. The summed E-state index contributed by atoms with van der Waals surface area (Å²) in [5.41, 5.74) is 4.83. The van der Waals surface area contributed by atoms with Crippen molar-refractivity contribution in [3.63, 3.8) is 0 Å². The number of aryl methyl sites for hydroxylation is 2. The van der Waals surface area contributed by atoms with Crippen molar-refractivity contribution in [1.29, 1.82) is 0 Å². The molecule has 116 valence electrons. The number of rotatable bonds is 7. The van der Waals surface area contributed by atoms with Gasteiger partial charge in [0.1, 0.15) is 0 Å². The summed E-state index contributed by atoms with van der Waals surface area (Å²) in [4.78, 5) is 11.9. The molecule has 0 spiro atoms. The van der Waals surface area contributed by atoms with Crippen LogP contribution < -0.4 is 10.6 Å². The summed E-state index contributed by atoms with van der Waals surface area (Å²) in [6.07, 6.45) is 1.82. The van der Waals surface area contributed by atoms with E-state index in [1.54, 1.807) is 0 Å². The van der Waals surface area contributed by atoms with Crippen molar-refractivity contribution in [2.75, 3.05) is 18.4 Å². The van der Waals surface area contributed by atoms with Crippen molar-refractivity contribution in [2.45, 2.75) is 26.7 Å². The lowest BCUT2D eigenvalue weighted by molar-refractivity contribution is -0.119. The molecular formula is C19H24N2O. The van der Waals surface area contributed by atoms with E-state index in [4.69, 9.17) is 0 Å². The quantitative estimate of drug-likeness (QED) is 0.823. The van der Waals surface area contributed by atoms with Crippen LogP contribution in [-0.4, -0.2) is 19.0 Å². The van der Waals surface area contributed by atoms with Gasteiger partial charge in [0, 0.05) is 12.2 Å². The highest BCUT2D eigenvalue weighted by Crippen LogP contribution is 2.14. The highest BCUT2D eigenvalue weighted by atomic mass is 16.1. The Kier molecular flexibility index (Phi) is 6.01. The van der Waals surface area contributed by atoms with Crippen molar-refractivity contribution < 1.29 is 4.79 Å². The molecule has 0 aliphatic carbocycles. The summed E-state index contributed by atoms with van der Waals surface area (Å²) < 4.78 is 0. The van der Waals surface area contributed by atoms with Crippen LogP contribution in [0.15, 0.2) is 48.5 Å². The smallest absolute Gasteiger partial charge is 0.239 e. The van der Waals surface area contributed by atoms with Gasteiger partial charge in [-0.25, -0.2) is 0 Å². The zero-order chi connectivity index (χ0) is 15.8. The monoisotopic (exact) mass is 296 g/mol. The van der Waals surface area contributed by atoms with E-state index in [-0.39, 0.29) is 5.91 Å². The fourth-order valence-corrected chi connectivity index (χ4v) is 2.47. The van der Waals surface area contributed by atoms with Crippen molar-refractivity contribution in [1.82, 2.24) is 5.32 Å². The van der Waals surface area contributed by atoms with E-state index in [1.165, 1.54) is 16.7 Å². The van der Waals surface area contributed by atoms with E-state index in [1.807, 2.05) is 30.3 Å². The van der Waals surface area contributed by atoms with Crippen molar-refractivity contribution in [3.05, 3.63) is 65.2 Å². The van der Waals surface area contributed by atoms with Gasteiger partial charge < -0.3 is 10.6 Å². The zero-order valence-corrected chi connectivity index (χ0v) is 13.4. The maximum atomic E-state index is 11.9. The van der Waals surface area contributed by atoms with E-state index in [0.717, 1.165) is 18.5 Å². The average molecular weight is 296 g/mol. The maximum absolute atomic E-state index is 11.9. The normalized spacial score (nSPS) is 10.3. The summed E-state index contributed by atoms with van der Waals surface area (Å²) in [7, 11) is 0. The molecule has 22 heavy (non-hydrogen) atoms. The predicted octanol–water partition coefficient (Wildman–Crippen LogP) is 3.33. The van der Waals surface area contributed by atoms with Gasteiger partial charge in [-0.3, -0.25) is 4.79 Å². The molecule has 0 saturated carbocycles. The largest absolute Gasteiger partial charge is 0.376 e. The number of benzene rings is 2. The summed E-state index contributed by atoms with van der Waals surface area (Å²) in [5, 5.41) is 6.18. The van der Waals surface area contributed by atoms with Crippen molar-refractivity contribution in [2.24, 2.45) is 0 Å². The van der Waals surface area contributed by atoms with Gasteiger partial charge in [0.25, 0.3) is 0 Å². The molecule has 0 aliphatic heterocycles. The van der Waals surface area contributed by atoms with Crippen LogP contribution in [0.3, 0.4) is 0 Å². The second kappa shape index (κ2) is 8.23. The fourth-order valence-electron chi connectivity index (χ4n) is 2.47. The Bertz CT molecular complexity index is 622.